The number of nitro groups is 1. The lowest BCUT2D eigenvalue weighted by atomic mass is 10.1. The molecule has 0 aliphatic carbocycles. The van der Waals surface area contributed by atoms with Gasteiger partial charge >= 0.3 is 0 Å². The lowest BCUT2D eigenvalue weighted by Gasteiger charge is -2.02. The van der Waals surface area contributed by atoms with Crippen molar-refractivity contribution in [1.29, 1.82) is 0 Å². The van der Waals surface area contributed by atoms with Gasteiger partial charge in [-0.15, -0.1) is 0 Å². The second kappa shape index (κ2) is 6.96. The highest BCUT2D eigenvalue weighted by Gasteiger charge is 2.10. The first kappa shape index (κ1) is 17.0. The molecule has 7 nitrogen and oxygen atoms in total. The molecule has 0 spiro atoms. The van der Waals surface area contributed by atoms with E-state index in [-0.39, 0.29) is 5.69 Å². The van der Waals surface area contributed by atoms with Gasteiger partial charge in [0.15, 0.2) is 5.82 Å². The van der Waals surface area contributed by atoms with Gasteiger partial charge in [0.2, 0.25) is 4.77 Å². The highest BCUT2D eigenvalue weighted by Crippen LogP contribution is 2.21. The lowest BCUT2D eigenvalue weighted by molar-refractivity contribution is -0.384. The number of aryl methyl sites for hydroxylation is 1. The second-order valence-corrected chi connectivity index (χ2v) is 6.03. The normalized spacial score (nSPS) is 11.1. The smallest absolute Gasteiger partial charge is 0.258 e. The number of nitrogens with one attached hydrogen (secondary N) is 1. The van der Waals surface area contributed by atoms with Gasteiger partial charge in [0, 0.05) is 28.3 Å². The Morgan fingerprint density at radius 2 is 2.04 bits per heavy atom. The van der Waals surface area contributed by atoms with Crippen LogP contribution < -0.4 is 0 Å². The molecule has 1 heterocycles. The summed E-state index contributed by atoms with van der Waals surface area (Å²) in [6.45, 7) is 1.99. The number of aromatic nitrogens is 3. The fourth-order valence-corrected chi connectivity index (χ4v) is 2.50. The van der Waals surface area contributed by atoms with Gasteiger partial charge in [0.05, 0.1) is 11.1 Å². The van der Waals surface area contributed by atoms with Crippen molar-refractivity contribution < 1.29 is 4.92 Å². The van der Waals surface area contributed by atoms with Crippen LogP contribution in [0.2, 0.25) is 5.02 Å². The second-order valence-electron chi connectivity index (χ2n) is 5.24. The van der Waals surface area contributed by atoms with E-state index in [2.05, 4.69) is 15.3 Å². The average molecular weight is 374 g/mol. The molecule has 126 valence electrons. The standard InChI is InChI=1S/C16H12ClN5O2S/c1-10-2-4-11(5-3-10)15-19-20-16(25)21(15)18-9-12-8-13(22(23)24)6-7-14(12)17/h2-9H,1H3,(H,20,25)/b18-9-. The molecule has 2 aromatic carbocycles. The van der Waals surface area contributed by atoms with Gasteiger partial charge in [0.1, 0.15) is 0 Å². The average Bonchev–Trinajstić information content (AvgIpc) is 2.95. The molecule has 0 fully saturated rings. The van der Waals surface area contributed by atoms with Crippen molar-refractivity contribution in [2.24, 2.45) is 5.10 Å². The van der Waals surface area contributed by atoms with E-state index >= 15 is 0 Å². The van der Waals surface area contributed by atoms with E-state index in [9.17, 15) is 10.1 Å². The van der Waals surface area contributed by atoms with Crippen LogP contribution in [0.5, 0.6) is 0 Å². The van der Waals surface area contributed by atoms with E-state index in [0.29, 0.717) is 21.2 Å². The van der Waals surface area contributed by atoms with Crippen molar-refractivity contribution in [1.82, 2.24) is 14.9 Å². The third-order valence-corrected chi connectivity index (χ3v) is 4.07. The lowest BCUT2D eigenvalue weighted by Crippen LogP contribution is -1.96. The molecule has 0 bridgehead atoms. The Morgan fingerprint density at radius 3 is 2.72 bits per heavy atom. The zero-order valence-electron chi connectivity index (χ0n) is 13.0. The summed E-state index contributed by atoms with van der Waals surface area (Å²) in [4.78, 5) is 10.4. The molecular weight excluding hydrogens is 362 g/mol. The monoisotopic (exact) mass is 373 g/mol. The first-order valence-electron chi connectivity index (χ1n) is 7.18. The molecule has 0 saturated carbocycles. The molecule has 1 aromatic heterocycles. The highest BCUT2D eigenvalue weighted by atomic mass is 35.5. The quantitative estimate of drug-likeness (QED) is 0.318. The van der Waals surface area contributed by atoms with E-state index in [0.717, 1.165) is 11.1 Å². The summed E-state index contributed by atoms with van der Waals surface area (Å²) in [5.41, 5.74) is 2.30. The van der Waals surface area contributed by atoms with Crippen LogP contribution in [0.3, 0.4) is 0 Å². The number of nitrogens with zero attached hydrogens (tertiary/aromatic N) is 4. The minimum absolute atomic E-state index is 0.0691. The Labute approximate surface area is 152 Å². The zero-order valence-corrected chi connectivity index (χ0v) is 14.6. The molecule has 0 aliphatic heterocycles. The number of nitro benzene ring substituents is 1. The summed E-state index contributed by atoms with van der Waals surface area (Å²) in [5.74, 6) is 0.530. The summed E-state index contributed by atoms with van der Waals surface area (Å²) in [7, 11) is 0. The number of halogens is 1. The van der Waals surface area contributed by atoms with Gasteiger partial charge in [0.25, 0.3) is 5.69 Å². The van der Waals surface area contributed by atoms with Crippen LogP contribution in [0.4, 0.5) is 5.69 Å². The largest absolute Gasteiger partial charge is 0.270 e. The highest BCUT2D eigenvalue weighted by molar-refractivity contribution is 7.71. The van der Waals surface area contributed by atoms with Gasteiger partial charge < -0.3 is 0 Å². The number of aromatic amines is 1. The van der Waals surface area contributed by atoms with Crippen LogP contribution in [-0.2, 0) is 0 Å². The predicted octanol–water partition coefficient (Wildman–Crippen LogP) is 4.36. The molecule has 0 aliphatic rings. The number of H-pyrrole nitrogens is 1. The van der Waals surface area contributed by atoms with Gasteiger partial charge in [-0.2, -0.15) is 14.9 Å². The van der Waals surface area contributed by atoms with Crippen LogP contribution in [0.1, 0.15) is 11.1 Å². The summed E-state index contributed by atoms with van der Waals surface area (Å²) in [5, 5.41) is 22.4. The number of benzene rings is 2. The zero-order chi connectivity index (χ0) is 18.0. The van der Waals surface area contributed by atoms with E-state index in [1.54, 1.807) is 0 Å². The summed E-state index contributed by atoms with van der Waals surface area (Å²) >= 11 is 11.3. The van der Waals surface area contributed by atoms with Crippen molar-refractivity contribution in [3.8, 4) is 11.4 Å². The summed E-state index contributed by atoms with van der Waals surface area (Å²) < 4.78 is 1.74. The van der Waals surface area contributed by atoms with E-state index < -0.39 is 4.92 Å². The van der Waals surface area contributed by atoms with Gasteiger partial charge in [-0.25, -0.2) is 5.10 Å². The third kappa shape index (κ3) is 3.65. The minimum atomic E-state index is -0.491. The van der Waals surface area contributed by atoms with Gasteiger partial charge in [-0.3, -0.25) is 10.1 Å². The minimum Gasteiger partial charge on any atom is -0.258 e. The van der Waals surface area contributed by atoms with E-state index in [1.165, 1.54) is 29.1 Å². The number of non-ortho nitro benzene ring substituents is 1. The van der Waals surface area contributed by atoms with Crippen molar-refractivity contribution in [3.63, 3.8) is 0 Å². The Balaban J connectivity index is 2.02. The SMILES string of the molecule is Cc1ccc(-c2n[nH]c(=S)n2/N=C\c2cc([N+](=O)[O-])ccc2Cl)cc1. The maximum absolute atomic E-state index is 10.9. The topological polar surface area (TPSA) is 89.1 Å². The molecule has 25 heavy (non-hydrogen) atoms. The molecule has 3 aromatic rings. The third-order valence-electron chi connectivity index (χ3n) is 3.46. The van der Waals surface area contributed by atoms with Crippen molar-refractivity contribution in [2.45, 2.75) is 6.92 Å². The Hall–Kier alpha value is -2.84. The molecule has 0 amide bonds. The van der Waals surface area contributed by atoms with Crippen LogP contribution in [-0.4, -0.2) is 26.0 Å². The van der Waals surface area contributed by atoms with Gasteiger partial charge in [-0.1, -0.05) is 41.4 Å². The Kier molecular flexibility index (Phi) is 4.73. The maximum atomic E-state index is 10.9. The number of hydrogen-bond acceptors (Lipinski definition) is 5. The predicted molar refractivity (Wildman–Crippen MR) is 98.7 cm³/mol. The number of rotatable bonds is 4. The molecule has 9 heteroatoms. The fraction of sp³-hybridized carbons (Fsp3) is 0.0625. The Morgan fingerprint density at radius 1 is 1.32 bits per heavy atom. The summed E-state index contributed by atoms with van der Waals surface area (Å²) in [6, 6.07) is 11.9. The fourth-order valence-electron chi connectivity index (χ4n) is 2.15. The van der Waals surface area contributed by atoms with Crippen LogP contribution in [0.25, 0.3) is 11.4 Å². The first-order chi connectivity index (χ1) is 12.0. The molecule has 0 atom stereocenters. The maximum Gasteiger partial charge on any atom is 0.270 e. The van der Waals surface area contributed by atoms with Crippen LogP contribution in [0, 0.1) is 21.8 Å². The first-order valence-corrected chi connectivity index (χ1v) is 7.97. The molecule has 3 rings (SSSR count). The van der Waals surface area contributed by atoms with Crippen LogP contribution in [0.15, 0.2) is 47.6 Å². The van der Waals surface area contributed by atoms with Crippen molar-refractivity contribution >= 4 is 35.7 Å². The Bertz CT molecular complexity index is 1020. The summed E-state index contributed by atoms with van der Waals surface area (Å²) in [6.07, 6.45) is 1.42. The molecular formula is C16H12ClN5O2S. The molecule has 0 unspecified atom stereocenters. The van der Waals surface area contributed by atoms with E-state index in [1.807, 2.05) is 31.2 Å². The molecule has 1 N–H and O–H groups in total. The van der Waals surface area contributed by atoms with Crippen molar-refractivity contribution in [2.75, 3.05) is 0 Å². The molecule has 0 saturated heterocycles. The number of hydrogen-bond donors (Lipinski definition) is 1. The molecule has 0 radical (unpaired) electrons. The van der Waals surface area contributed by atoms with Crippen LogP contribution >= 0.6 is 23.8 Å². The van der Waals surface area contributed by atoms with E-state index in [4.69, 9.17) is 23.8 Å². The van der Waals surface area contributed by atoms with Gasteiger partial charge in [-0.05, 0) is 25.2 Å². The van der Waals surface area contributed by atoms with Crippen molar-refractivity contribution in [3.05, 3.63) is 73.5 Å².